The molecule has 0 saturated carbocycles. The highest BCUT2D eigenvalue weighted by Gasteiger charge is 2.33. The summed E-state index contributed by atoms with van der Waals surface area (Å²) in [6.07, 6.45) is 2.97. The number of nitrogens with two attached hydrogens (primary N) is 1. The number of nitrogens with zero attached hydrogens (tertiary/aromatic N) is 1. The third kappa shape index (κ3) is 2.99. The van der Waals surface area contributed by atoms with Crippen molar-refractivity contribution < 1.29 is 22.0 Å². The molecule has 1 amide bonds. The zero-order chi connectivity index (χ0) is 16.6. The van der Waals surface area contributed by atoms with Crippen LogP contribution in [0.4, 0.5) is 4.39 Å². The average molecular weight is 338 g/mol. The van der Waals surface area contributed by atoms with E-state index in [0.717, 1.165) is 24.6 Å². The molecule has 122 valence electrons. The van der Waals surface area contributed by atoms with E-state index in [0.29, 0.717) is 18.7 Å². The van der Waals surface area contributed by atoms with Gasteiger partial charge >= 0.3 is 0 Å². The van der Waals surface area contributed by atoms with Crippen LogP contribution in [-0.2, 0) is 10.0 Å². The first kappa shape index (κ1) is 15.7. The molecule has 1 aliphatic heterocycles. The Morgan fingerprint density at radius 3 is 2.78 bits per heavy atom. The number of likely N-dealkylation sites (tertiary alicyclic amines) is 1. The van der Waals surface area contributed by atoms with E-state index in [1.54, 1.807) is 12.1 Å². The van der Waals surface area contributed by atoms with Gasteiger partial charge in [0.2, 0.25) is 10.0 Å². The van der Waals surface area contributed by atoms with Gasteiger partial charge in [-0.05, 0) is 43.2 Å². The summed E-state index contributed by atoms with van der Waals surface area (Å²) in [5, 5.41) is 5.04. The Morgan fingerprint density at radius 1 is 1.35 bits per heavy atom. The maximum atomic E-state index is 14.0. The summed E-state index contributed by atoms with van der Waals surface area (Å²) in [5.74, 6) is -0.738. The molecule has 2 aromatic rings. The number of hydrogen-bond donors (Lipinski definition) is 1. The summed E-state index contributed by atoms with van der Waals surface area (Å²) < 4.78 is 42.2. The first-order chi connectivity index (χ1) is 10.9. The lowest BCUT2D eigenvalue weighted by molar-refractivity contribution is 0.0715. The van der Waals surface area contributed by atoms with Crippen molar-refractivity contribution in [2.24, 2.45) is 5.14 Å². The molecule has 8 heteroatoms. The van der Waals surface area contributed by atoms with E-state index in [-0.39, 0.29) is 16.5 Å². The van der Waals surface area contributed by atoms with Crippen molar-refractivity contribution in [2.75, 3.05) is 6.54 Å². The van der Waals surface area contributed by atoms with Crippen LogP contribution in [0, 0.1) is 5.82 Å². The number of halogens is 1. The number of primary sulfonamides is 1. The Balaban J connectivity index is 1.97. The highest BCUT2D eigenvalue weighted by atomic mass is 32.2. The molecule has 1 aromatic heterocycles. The van der Waals surface area contributed by atoms with Crippen molar-refractivity contribution in [3.63, 3.8) is 0 Å². The summed E-state index contributed by atoms with van der Waals surface area (Å²) in [7, 11) is -4.01. The molecular weight excluding hydrogens is 323 g/mol. The first-order valence-electron chi connectivity index (χ1n) is 7.04. The number of rotatable bonds is 3. The fraction of sp³-hybridized carbons (Fsp3) is 0.267. The van der Waals surface area contributed by atoms with E-state index in [2.05, 4.69) is 0 Å². The maximum absolute atomic E-state index is 14.0. The average Bonchev–Trinajstić information content (AvgIpc) is 3.16. The summed E-state index contributed by atoms with van der Waals surface area (Å²) in [6.45, 7) is 0.448. The van der Waals surface area contributed by atoms with Gasteiger partial charge in [-0.25, -0.2) is 17.9 Å². The van der Waals surface area contributed by atoms with Gasteiger partial charge in [-0.3, -0.25) is 4.79 Å². The van der Waals surface area contributed by atoms with Crippen LogP contribution in [0.1, 0.15) is 35.0 Å². The van der Waals surface area contributed by atoms with Crippen molar-refractivity contribution in [1.82, 2.24) is 4.90 Å². The molecular formula is C15H15FN2O4S. The SMILES string of the molecule is NS(=O)(=O)c1ccc(F)c(C(=O)N2CCC[C@@H]2c2ccco2)c1. The third-order valence-electron chi connectivity index (χ3n) is 3.88. The fourth-order valence-electron chi connectivity index (χ4n) is 2.79. The largest absolute Gasteiger partial charge is 0.467 e. The van der Waals surface area contributed by atoms with E-state index in [9.17, 15) is 17.6 Å². The highest BCUT2D eigenvalue weighted by Crippen LogP contribution is 2.33. The molecule has 0 radical (unpaired) electrons. The molecule has 0 spiro atoms. The number of furan rings is 1. The Labute approximate surface area is 132 Å². The molecule has 0 bridgehead atoms. The predicted octanol–water partition coefficient (Wildman–Crippen LogP) is 2.04. The predicted molar refractivity (Wildman–Crippen MR) is 79.5 cm³/mol. The van der Waals surface area contributed by atoms with Gasteiger partial charge in [0, 0.05) is 6.54 Å². The second-order valence-electron chi connectivity index (χ2n) is 5.36. The minimum atomic E-state index is -4.01. The van der Waals surface area contributed by atoms with Crippen molar-refractivity contribution in [1.29, 1.82) is 0 Å². The van der Waals surface area contributed by atoms with Crippen LogP contribution in [0.3, 0.4) is 0 Å². The van der Waals surface area contributed by atoms with Crippen molar-refractivity contribution in [3.05, 3.63) is 53.7 Å². The topological polar surface area (TPSA) is 93.6 Å². The van der Waals surface area contributed by atoms with Crippen LogP contribution in [-0.4, -0.2) is 25.8 Å². The van der Waals surface area contributed by atoms with Crippen LogP contribution in [0.2, 0.25) is 0 Å². The smallest absolute Gasteiger partial charge is 0.257 e. The van der Waals surface area contributed by atoms with Crippen LogP contribution < -0.4 is 5.14 Å². The summed E-state index contributed by atoms with van der Waals surface area (Å²) in [4.78, 5) is 13.9. The van der Waals surface area contributed by atoms with Crippen LogP contribution in [0.25, 0.3) is 0 Å². The molecule has 1 aliphatic rings. The van der Waals surface area contributed by atoms with E-state index in [4.69, 9.17) is 9.56 Å². The molecule has 3 rings (SSSR count). The zero-order valence-corrected chi connectivity index (χ0v) is 12.9. The van der Waals surface area contributed by atoms with Crippen molar-refractivity contribution in [3.8, 4) is 0 Å². The standard InChI is InChI=1S/C15H15FN2O4S/c16-12-6-5-10(23(17,20)21)9-11(12)15(19)18-7-1-3-13(18)14-4-2-8-22-14/h2,4-6,8-9,13H,1,3,7H2,(H2,17,20,21)/t13-/m1/s1. The molecule has 2 N–H and O–H groups in total. The van der Waals surface area contributed by atoms with Crippen LogP contribution in [0.15, 0.2) is 45.9 Å². The second kappa shape index (κ2) is 5.78. The summed E-state index contributed by atoms with van der Waals surface area (Å²) in [6, 6.07) is 6.15. The third-order valence-corrected chi connectivity index (χ3v) is 4.79. The number of sulfonamides is 1. The van der Waals surface area contributed by atoms with Gasteiger partial charge < -0.3 is 9.32 Å². The molecule has 2 heterocycles. The number of benzene rings is 1. The fourth-order valence-corrected chi connectivity index (χ4v) is 3.33. The molecule has 1 fully saturated rings. The maximum Gasteiger partial charge on any atom is 0.257 e. The lowest BCUT2D eigenvalue weighted by atomic mass is 10.1. The van der Waals surface area contributed by atoms with Crippen molar-refractivity contribution in [2.45, 2.75) is 23.8 Å². The number of amides is 1. The lowest BCUT2D eigenvalue weighted by Gasteiger charge is -2.23. The Morgan fingerprint density at radius 2 is 2.13 bits per heavy atom. The molecule has 23 heavy (non-hydrogen) atoms. The molecule has 0 unspecified atom stereocenters. The molecule has 1 saturated heterocycles. The van der Waals surface area contributed by atoms with Gasteiger partial charge in [0.15, 0.2) is 0 Å². The van der Waals surface area contributed by atoms with Gasteiger partial charge in [-0.15, -0.1) is 0 Å². The van der Waals surface area contributed by atoms with Gasteiger partial charge in [0.25, 0.3) is 5.91 Å². The highest BCUT2D eigenvalue weighted by molar-refractivity contribution is 7.89. The van der Waals surface area contributed by atoms with Gasteiger partial charge in [-0.1, -0.05) is 0 Å². The second-order valence-corrected chi connectivity index (χ2v) is 6.92. The Hall–Kier alpha value is -2.19. The number of carbonyl (C=O) groups is 1. The summed E-state index contributed by atoms with van der Waals surface area (Å²) >= 11 is 0. The van der Waals surface area contributed by atoms with Crippen LogP contribution in [0.5, 0.6) is 0 Å². The lowest BCUT2D eigenvalue weighted by Crippen LogP contribution is -2.31. The van der Waals surface area contributed by atoms with E-state index >= 15 is 0 Å². The Bertz CT molecular complexity index is 833. The minimum absolute atomic E-state index is 0.282. The van der Waals surface area contributed by atoms with Crippen LogP contribution >= 0.6 is 0 Å². The normalized spacial score (nSPS) is 18.3. The minimum Gasteiger partial charge on any atom is -0.467 e. The summed E-state index contributed by atoms with van der Waals surface area (Å²) in [5.41, 5.74) is -0.310. The Kier molecular flexibility index (Phi) is 3.95. The number of hydrogen-bond acceptors (Lipinski definition) is 4. The monoisotopic (exact) mass is 338 g/mol. The van der Waals surface area contributed by atoms with E-state index in [1.807, 2.05) is 0 Å². The number of carbonyl (C=O) groups excluding carboxylic acids is 1. The first-order valence-corrected chi connectivity index (χ1v) is 8.59. The molecule has 6 nitrogen and oxygen atoms in total. The van der Waals surface area contributed by atoms with Gasteiger partial charge in [0.1, 0.15) is 11.6 Å². The quantitative estimate of drug-likeness (QED) is 0.927. The van der Waals surface area contributed by atoms with E-state index < -0.39 is 21.7 Å². The molecule has 1 atom stereocenters. The molecule has 0 aliphatic carbocycles. The van der Waals surface area contributed by atoms with E-state index in [1.165, 1.54) is 11.2 Å². The van der Waals surface area contributed by atoms with Gasteiger partial charge in [-0.2, -0.15) is 0 Å². The zero-order valence-electron chi connectivity index (χ0n) is 12.1. The van der Waals surface area contributed by atoms with Crippen molar-refractivity contribution >= 4 is 15.9 Å². The van der Waals surface area contributed by atoms with Gasteiger partial charge in [0.05, 0.1) is 22.8 Å². The molecule has 1 aromatic carbocycles.